The summed E-state index contributed by atoms with van der Waals surface area (Å²) < 4.78 is 47.0. The van der Waals surface area contributed by atoms with Crippen molar-refractivity contribution in [1.29, 1.82) is 0 Å². The number of rotatable bonds is 14. The van der Waals surface area contributed by atoms with Crippen molar-refractivity contribution >= 4 is 23.1 Å². The zero-order chi connectivity index (χ0) is 25.8. The van der Waals surface area contributed by atoms with Crippen molar-refractivity contribution in [3.05, 3.63) is 65.9 Å². The third-order valence-corrected chi connectivity index (χ3v) is 5.77. The van der Waals surface area contributed by atoms with Gasteiger partial charge in [-0.3, -0.25) is 0 Å². The van der Waals surface area contributed by atoms with E-state index in [9.17, 15) is 13.2 Å². The number of aromatic nitrogens is 2. The lowest BCUT2D eigenvalue weighted by Gasteiger charge is -2.17. The lowest BCUT2D eigenvalue weighted by atomic mass is 10.1. The molecule has 2 aromatic carbocycles. The number of halogens is 3. The van der Waals surface area contributed by atoms with Crippen molar-refractivity contribution < 1.29 is 17.9 Å². The van der Waals surface area contributed by atoms with E-state index in [-0.39, 0.29) is 11.8 Å². The Balaban J connectivity index is 1.76. The van der Waals surface area contributed by atoms with Crippen LogP contribution in [0.25, 0.3) is 0 Å². The van der Waals surface area contributed by atoms with Gasteiger partial charge in [-0.15, -0.1) is 0 Å². The molecular weight excluding hydrogens is 465 g/mol. The molecule has 0 radical (unpaired) electrons. The predicted molar refractivity (Wildman–Crippen MR) is 139 cm³/mol. The van der Waals surface area contributed by atoms with Gasteiger partial charge in [0.1, 0.15) is 17.1 Å². The van der Waals surface area contributed by atoms with Crippen LogP contribution in [0.5, 0.6) is 5.75 Å². The molecule has 0 bridgehead atoms. The highest BCUT2D eigenvalue weighted by Gasteiger charge is 2.35. The van der Waals surface area contributed by atoms with Crippen LogP contribution in [0.15, 0.2) is 54.7 Å². The van der Waals surface area contributed by atoms with Gasteiger partial charge in [0.2, 0.25) is 5.95 Å². The summed E-state index contributed by atoms with van der Waals surface area (Å²) in [4.78, 5) is 8.08. The first-order valence-corrected chi connectivity index (χ1v) is 12.7. The average molecular weight is 501 g/mol. The van der Waals surface area contributed by atoms with E-state index >= 15 is 0 Å². The number of para-hydroxylation sites is 2. The highest BCUT2D eigenvalue weighted by molar-refractivity contribution is 5.67. The Morgan fingerprint density at radius 3 is 2.28 bits per heavy atom. The van der Waals surface area contributed by atoms with E-state index in [0.717, 1.165) is 38.3 Å². The number of hydrogen-bond acceptors (Lipinski definition) is 5. The van der Waals surface area contributed by atoms with E-state index in [2.05, 4.69) is 34.4 Å². The lowest BCUT2D eigenvalue weighted by molar-refractivity contribution is -0.137. The number of aryl methyl sites for hydroxylation is 1. The van der Waals surface area contributed by atoms with E-state index < -0.39 is 11.7 Å². The lowest BCUT2D eigenvalue weighted by Crippen LogP contribution is -2.13. The minimum atomic E-state index is -4.61. The molecule has 2 N–H and O–H groups in total. The zero-order valence-electron chi connectivity index (χ0n) is 21.0. The van der Waals surface area contributed by atoms with Crippen LogP contribution in [0.4, 0.5) is 36.3 Å². The van der Waals surface area contributed by atoms with Crippen LogP contribution in [0.1, 0.15) is 69.9 Å². The number of alkyl halides is 3. The van der Waals surface area contributed by atoms with Crippen molar-refractivity contribution in [2.45, 2.75) is 71.4 Å². The second-order valence-corrected chi connectivity index (χ2v) is 8.76. The smallest absolute Gasteiger partial charge is 0.421 e. The van der Waals surface area contributed by atoms with Crippen molar-refractivity contribution in [3.8, 4) is 5.75 Å². The van der Waals surface area contributed by atoms with Gasteiger partial charge in [0.15, 0.2) is 0 Å². The van der Waals surface area contributed by atoms with Crippen LogP contribution < -0.4 is 15.4 Å². The summed E-state index contributed by atoms with van der Waals surface area (Å²) in [6.07, 6.45) is 4.91. The van der Waals surface area contributed by atoms with E-state index in [1.165, 1.54) is 24.8 Å². The monoisotopic (exact) mass is 500 g/mol. The van der Waals surface area contributed by atoms with E-state index in [4.69, 9.17) is 4.74 Å². The number of nitrogens with one attached hydrogen (secondary N) is 2. The number of hydrogen-bond donors (Lipinski definition) is 2. The molecule has 5 nitrogen and oxygen atoms in total. The summed E-state index contributed by atoms with van der Waals surface area (Å²) in [5, 5.41) is 5.84. The molecule has 8 heteroatoms. The Hall–Kier alpha value is -3.29. The summed E-state index contributed by atoms with van der Waals surface area (Å²) >= 11 is 0. The standard InChI is InChI=1S/C28H35F3N4O/c1-3-5-7-8-12-21-15-17-22(18-16-21)33-27-32-20-23(28(29,30)31)26(35-27)34-24-13-9-10-14-25(24)36-19-11-6-4-2/h9-10,13-18,20H,3-8,11-12,19H2,1-2H3,(H2,32,33,34,35). The maximum Gasteiger partial charge on any atom is 0.421 e. The fourth-order valence-corrected chi connectivity index (χ4v) is 3.74. The van der Waals surface area contributed by atoms with Gasteiger partial charge in [-0.25, -0.2) is 4.98 Å². The Bertz CT molecular complexity index is 1070. The molecule has 0 saturated heterocycles. The quantitative estimate of drug-likeness (QED) is 0.217. The SMILES string of the molecule is CCCCCCc1ccc(Nc2ncc(C(F)(F)F)c(Nc3ccccc3OCCCCC)n2)cc1. The third-order valence-electron chi connectivity index (χ3n) is 5.77. The normalized spacial score (nSPS) is 11.4. The molecule has 0 aliphatic carbocycles. The maximum absolute atomic E-state index is 13.7. The molecule has 1 aromatic heterocycles. The molecular formula is C28H35F3N4O. The Kier molecular flexibility index (Phi) is 10.4. The number of unbranched alkanes of at least 4 members (excludes halogenated alkanes) is 5. The summed E-state index contributed by atoms with van der Waals surface area (Å²) in [6.45, 7) is 4.77. The van der Waals surface area contributed by atoms with Gasteiger partial charge in [0.05, 0.1) is 12.3 Å². The number of anilines is 4. The van der Waals surface area contributed by atoms with E-state index in [0.29, 0.717) is 23.7 Å². The fraction of sp³-hybridized carbons (Fsp3) is 0.429. The molecule has 0 spiro atoms. The van der Waals surface area contributed by atoms with Crippen LogP contribution in [-0.2, 0) is 12.6 Å². The molecule has 3 rings (SSSR count). The third kappa shape index (κ3) is 8.43. The number of benzene rings is 2. The Morgan fingerprint density at radius 1 is 0.833 bits per heavy atom. The summed E-state index contributed by atoms with van der Waals surface area (Å²) in [7, 11) is 0. The van der Waals surface area contributed by atoms with Crippen LogP contribution >= 0.6 is 0 Å². The first kappa shape index (κ1) is 27.3. The van der Waals surface area contributed by atoms with E-state index in [1.54, 1.807) is 24.3 Å². The highest BCUT2D eigenvalue weighted by atomic mass is 19.4. The van der Waals surface area contributed by atoms with Gasteiger partial charge in [-0.2, -0.15) is 18.2 Å². The summed E-state index contributed by atoms with van der Waals surface area (Å²) in [5.74, 6) is 0.212. The van der Waals surface area contributed by atoms with Crippen molar-refractivity contribution in [3.63, 3.8) is 0 Å². The van der Waals surface area contributed by atoms with Crippen LogP contribution in [-0.4, -0.2) is 16.6 Å². The highest BCUT2D eigenvalue weighted by Crippen LogP contribution is 2.37. The fourth-order valence-electron chi connectivity index (χ4n) is 3.74. The van der Waals surface area contributed by atoms with Crippen LogP contribution in [0.3, 0.4) is 0 Å². The topological polar surface area (TPSA) is 59.1 Å². The molecule has 0 unspecified atom stereocenters. The van der Waals surface area contributed by atoms with Gasteiger partial charge in [-0.1, -0.05) is 70.2 Å². The van der Waals surface area contributed by atoms with Gasteiger partial charge in [0.25, 0.3) is 0 Å². The number of nitrogens with zero attached hydrogens (tertiary/aromatic N) is 2. The molecule has 1 heterocycles. The first-order valence-electron chi connectivity index (χ1n) is 12.7. The molecule has 0 aliphatic heterocycles. The first-order chi connectivity index (χ1) is 17.4. The summed E-state index contributed by atoms with van der Waals surface area (Å²) in [6, 6.07) is 14.7. The largest absolute Gasteiger partial charge is 0.491 e. The molecule has 0 aliphatic rings. The minimum Gasteiger partial charge on any atom is -0.491 e. The van der Waals surface area contributed by atoms with Crippen molar-refractivity contribution in [2.75, 3.05) is 17.2 Å². The predicted octanol–water partition coefficient (Wildman–Crippen LogP) is 8.67. The average Bonchev–Trinajstić information content (AvgIpc) is 2.86. The second kappa shape index (κ2) is 13.7. The molecule has 0 saturated carbocycles. The van der Waals surface area contributed by atoms with Crippen LogP contribution in [0.2, 0.25) is 0 Å². The molecule has 0 amide bonds. The molecule has 194 valence electrons. The maximum atomic E-state index is 13.7. The molecule has 36 heavy (non-hydrogen) atoms. The summed E-state index contributed by atoms with van der Waals surface area (Å²) in [5.41, 5.74) is 1.40. The van der Waals surface area contributed by atoms with Crippen LogP contribution in [0, 0.1) is 0 Å². The van der Waals surface area contributed by atoms with Gasteiger partial charge < -0.3 is 15.4 Å². The molecule has 3 aromatic rings. The van der Waals surface area contributed by atoms with Gasteiger partial charge in [-0.05, 0) is 49.1 Å². The number of ether oxygens (including phenoxy) is 1. The van der Waals surface area contributed by atoms with Gasteiger partial charge in [0, 0.05) is 11.9 Å². The van der Waals surface area contributed by atoms with Crippen molar-refractivity contribution in [1.82, 2.24) is 9.97 Å². The minimum absolute atomic E-state index is 0.0718. The zero-order valence-corrected chi connectivity index (χ0v) is 21.0. The van der Waals surface area contributed by atoms with Gasteiger partial charge >= 0.3 is 6.18 Å². The van der Waals surface area contributed by atoms with Crippen molar-refractivity contribution in [2.24, 2.45) is 0 Å². The van der Waals surface area contributed by atoms with E-state index in [1.807, 2.05) is 24.3 Å². The second-order valence-electron chi connectivity index (χ2n) is 8.76. The Morgan fingerprint density at radius 2 is 1.56 bits per heavy atom. The molecule has 0 atom stereocenters. The Labute approximate surface area is 211 Å². The molecule has 0 fully saturated rings.